The molecule has 3 heterocycles. The minimum Gasteiger partial charge on any atom is -0.367 e. The van der Waals surface area contributed by atoms with Gasteiger partial charge >= 0.3 is 0 Å². The number of anilines is 1. The van der Waals surface area contributed by atoms with Gasteiger partial charge in [0.2, 0.25) is 0 Å². The van der Waals surface area contributed by atoms with Crippen molar-refractivity contribution < 1.29 is 0 Å². The normalized spacial score (nSPS) is 16.7. The summed E-state index contributed by atoms with van der Waals surface area (Å²) >= 11 is 0. The zero-order chi connectivity index (χ0) is 16.2. The fourth-order valence-electron chi connectivity index (χ4n) is 3.50. The molecule has 0 spiro atoms. The van der Waals surface area contributed by atoms with E-state index in [1.165, 1.54) is 44.9 Å². The fraction of sp³-hybridized carbons (Fsp3) is 0.421. The van der Waals surface area contributed by atoms with Gasteiger partial charge in [-0.15, -0.1) is 0 Å². The van der Waals surface area contributed by atoms with E-state index in [2.05, 4.69) is 27.4 Å². The summed E-state index contributed by atoms with van der Waals surface area (Å²) in [5, 5.41) is 3.65. The maximum atomic E-state index is 4.82. The first kappa shape index (κ1) is 15.1. The molecule has 0 aromatic carbocycles. The van der Waals surface area contributed by atoms with Crippen LogP contribution in [0.3, 0.4) is 0 Å². The van der Waals surface area contributed by atoms with Crippen LogP contribution >= 0.6 is 0 Å². The van der Waals surface area contributed by atoms with Gasteiger partial charge < -0.3 is 5.32 Å². The number of pyridine rings is 1. The first-order valence-corrected chi connectivity index (χ1v) is 8.91. The molecule has 0 unspecified atom stereocenters. The Bertz CT molecular complexity index is 802. The van der Waals surface area contributed by atoms with Crippen LogP contribution in [-0.2, 0) is 0 Å². The molecule has 3 aromatic heterocycles. The van der Waals surface area contributed by atoms with Crippen molar-refractivity contribution in [1.29, 1.82) is 0 Å². The van der Waals surface area contributed by atoms with Crippen molar-refractivity contribution in [3.8, 4) is 11.4 Å². The van der Waals surface area contributed by atoms with E-state index in [-0.39, 0.29) is 0 Å². The average Bonchev–Trinajstić information content (AvgIpc) is 3.02. The first-order valence-electron chi connectivity index (χ1n) is 8.91. The van der Waals surface area contributed by atoms with E-state index in [4.69, 9.17) is 4.98 Å². The van der Waals surface area contributed by atoms with Gasteiger partial charge in [0.05, 0.1) is 23.8 Å². The lowest BCUT2D eigenvalue weighted by atomic mass is 9.97. The minimum atomic E-state index is 0.541. The van der Waals surface area contributed by atoms with Crippen molar-refractivity contribution >= 4 is 11.5 Å². The Morgan fingerprint density at radius 2 is 1.83 bits per heavy atom. The van der Waals surface area contributed by atoms with E-state index in [1.54, 1.807) is 12.4 Å². The highest BCUT2D eigenvalue weighted by molar-refractivity contribution is 5.61. The topological polar surface area (TPSA) is 55.1 Å². The van der Waals surface area contributed by atoms with Crippen LogP contribution in [0.2, 0.25) is 0 Å². The van der Waals surface area contributed by atoms with Gasteiger partial charge in [0, 0.05) is 18.4 Å². The number of nitrogens with one attached hydrogen (secondary N) is 1. The smallest absolute Gasteiger partial charge is 0.155 e. The number of imidazole rings is 1. The lowest BCUT2D eigenvalue weighted by Gasteiger charge is -2.21. The molecular formula is C19H23N5. The SMILES string of the molecule is c1cc(NC2CCCCCCC2)nc(-c2cnc3cnccn23)c1. The van der Waals surface area contributed by atoms with Gasteiger partial charge in [-0.3, -0.25) is 9.38 Å². The van der Waals surface area contributed by atoms with E-state index >= 15 is 0 Å². The summed E-state index contributed by atoms with van der Waals surface area (Å²) in [6.07, 6.45) is 16.6. The van der Waals surface area contributed by atoms with E-state index in [0.717, 1.165) is 22.9 Å². The highest BCUT2D eigenvalue weighted by atomic mass is 15.1. The van der Waals surface area contributed by atoms with Crippen molar-refractivity contribution in [3.05, 3.63) is 43.0 Å². The standard InChI is InChI=1S/C19H23N5/c1-2-4-7-15(8-5-3-1)22-18-10-6-9-16(23-18)17-13-21-19-14-20-11-12-24(17)19/h6,9-15H,1-5,7-8H2,(H,22,23). The van der Waals surface area contributed by atoms with Crippen LogP contribution in [0.15, 0.2) is 43.0 Å². The molecular weight excluding hydrogens is 298 g/mol. The van der Waals surface area contributed by atoms with Gasteiger partial charge in [-0.1, -0.05) is 38.2 Å². The van der Waals surface area contributed by atoms with Crippen LogP contribution in [-0.4, -0.2) is 25.4 Å². The predicted octanol–water partition coefficient (Wildman–Crippen LogP) is 4.32. The van der Waals surface area contributed by atoms with Crippen LogP contribution in [0.5, 0.6) is 0 Å². The molecule has 0 saturated heterocycles. The molecule has 1 saturated carbocycles. The highest BCUT2D eigenvalue weighted by Crippen LogP contribution is 2.23. The zero-order valence-electron chi connectivity index (χ0n) is 13.9. The molecule has 1 N–H and O–H groups in total. The molecule has 5 heteroatoms. The van der Waals surface area contributed by atoms with Gasteiger partial charge in [0.15, 0.2) is 5.65 Å². The Kier molecular flexibility index (Phi) is 4.40. The van der Waals surface area contributed by atoms with Crippen LogP contribution in [0.25, 0.3) is 17.0 Å². The molecule has 4 rings (SSSR count). The molecule has 1 fully saturated rings. The third-order valence-corrected chi connectivity index (χ3v) is 4.79. The molecule has 0 atom stereocenters. The lowest BCUT2D eigenvalue weighted by Crippen LogP contribution is -2.21. The van der Waals surface area contributed by atoms with Crippen molar-refractivity contribution in [2.45, 2.75) is 51.0 Å². The zero-order valence-corrected chi connectivity index (χ0v) is 13.9. The van der Waals surface area contributed by atoms with E-state index in [1.807, 2.05) is 22.9 Å². The number of hydrogen-bond donors (Lipinski definition) is 1. The molecule has 1 aliphatic carbocycles. The first-order chi connectivity index (χ1) is 11.9. The molecule has 5 nitrogen and oxygen atoms in total. The van der Waals surface area contributed by atoms with Gasteiger partial charge in [0.25, 0.3) is 0 Å². The maximum absolute atomic E-state index is 4.82. The second-order valence-electron chi connectivity index (χ2n) is 6.54. The van der Waals surface area contributed by atoms with Crippen molar-refractivity contribution in [3.63, 3.8) is 0 Å². The van der Waals surface area contributed by atoms with E-state index in [0.29, 0.717) is 6.04 Å². The number of hydrogen-bond acceptors (Lipinski definition) is 4. The Labute approximate surface area is 142 Å². The Hall–Kier alpha value is -2.43. The van der Waals surface area contributed by atoms with Crippen LogP contribution in [0.4, 0.5) is 5.82 Å². The molecule has 1 aliphatic rings. The third-order valence-electron chi connectivity index (χ3n) is 4.79. The summed E-state index contributed by atoms with van der Waals surface area (Å²) in [5.41, 5.74) is 2.77. The van der Waals surface area contributed by atoms with Crippen LogP contribution in [0.1, 0.15) is 44.9 Å². The summed E-state index contributed by atoms with van der Waals surface area (Å²) in [7, 11) is 0. The fourth-order valence-corrected chi connectivity index (χ4v) is 3.50. The lowest BCUT2D eigenvalue weighted by molar-refractivity contribution is 0.471. The molecule has 124 valence electrons. The predicted molar refractivity (Wildman–Crippen MR) is 95.9 cm³/mol. The molecule has 24 heavy (non-hydrogen) atoms. The van der Waals surface area contributed by atoms with Crippen molar-refractivity contribution in [1.82, 2.24) is 19.4 Å². The van der Waals surface area contributed by atoms with Crippen LogP contribution < -0.4 is 5.32 Å². The third kappa shape index (κ3) is 3.25. The Morgan fingerprint density at radius 3 is 2.71 bits per heavy atom. The monoisotopic (exact) mass is 321 g/mol. The Balaban J connectivity index is 1.57. The van der Waals surface area contributed by atoms with Crippen molar-refractivity contribution in [2.24, 2.45) is 0 Å². The van der Waals surface area contributed by atoms with Crippen molar-refractivity contribution in [2.75, 3.05) is 5.32 Å². The van der Waals surface area contributed by atoms with Gasteiger partial charge in [-0.2, -0.15) is 0 Å². The van der Waals surface area contributed by atoms with E-state index < -0.39 is 0 Å². The molecule has 0 radical (unpaired) electrons. The Morgan fingerprint density at radius 1 is 1.00 bits per heavy atom. The largest absolute Gasteiger partial charge is 0.367 e. The minimum absolute atomic E-state index is 0.541. The van der Waals surface area contributed by atoms with E-state index in [9.17, 15) is 0 Å². The molecule has 0 bridgehead atoms. The second kappa shape index (κ2) is 6.99. The van der Waals surface area contributed by atoms with Gasteiger partial charge in [0.1, 0.15) is 5.82 Å². The second-order valence-corrected chi connectivity index (χ2v) is 6.54. The summed E-state index contributed by atoms with van der Waals surface area (Å²) in [6.45, 7) is 0. The molecule has 3 aromatic rings. The van der Waals surface area contributed by atoms with Crippen LogP contribution in [0, 0.1) is 0 Å². The quantitative estimate of drug-likeness (QED) is 0.780. The maximum Gasteiger partial charge on any atom is 0.155 e. The van der Waals surface area contributed by atoms with Gasteiger partial charge in [-0.25, -0.2) is 9.97 Å². The number of rotatable bonds is 3. The molecule has 0 amide bonds. The average molecular weight is 321 g/mol. The van der Waals surface area contributed by atoms with Gasteiger partial charge in [-0.05, 0) is 25.0 Å². The summed E-state index contributed by atoms with van der Waals surface area (Å²) in [6, 6.07) is 6.70. The number of nitrogens with zero attached hydrogens (tertiary/aromatic N) is 4. The summed E-state index contributed by atoms with van der Waals surface area (Å²) in [4.78, 5) is 13.3. The highest BCUT2D eigenvalue weighted by Gasteiger charge is 2.13. The summed E-state index contributed by atoms with van der Waals surface area (Å²) in [5.74, 6) is 0.960. The summed E-state index contributed by atoms with van der Waals surface area (Å²) < 4.78 is 2.02. The number of fused-ring (bicyclic) bond motifs is 1. The number of aromatic nitrogens is 4. The molecule has 0 aliphatic heterocycles.